The van der Waals surface area contributed by atoms with Crippen LogP contribution >= 0.6 is 11.6 Å². The molecule has 3 rings (SSSR count). The minimum Gasteiger partial charge on any atom is -0.467 e. The minimum absolute atomic E-state index is 0.0678. The summed E-state index contributed by atoms with van der Waals surface area (Å²) in [4.78, 5) is 14.7. The van der Waals surface area contributed by atoms with Crippen LogP contribution in [0, 0.1) is 6.92 Å². The molecule has 4 heteroatoms. The fourth-order valence-electron chi connectivity index (χ4n) is 2.42. The zero-order chi connectivity index (χ0) is 16.2. The lowest BCUT2D eigenvalue weighted by Crippen LogP contribution is -2.30. The molecule has 3 nitrogen and oxygen atoms in total. The van der Waals surface area contributed by atoms with Crippen LogP contribution in [0.3, 0.4) is 0 Å². The average Bonchev–Trinajstić information content (AvgIpc) is 3.07. The van der Waals surface area contributed by atoms with Crippen molar-refractivity contribution >= 4 is 23.2 Å². The van der Waals surface area contributed by atoms with Crippen molar-refractivity contribution in [3.8, 4) is 0 Å². The van der Waals surface area contributed by atoms with E-state index in [0.717, 1.165) is 17.0 Å². The number of nitrogens with zero attached hydrogens (tertiary/aromatic N) is 1. The van der Waals surface area contributed by atoms with Crippen molar-refractivity contribution < 1.29 is 9.21 Å². The molecular weight excluding hydrogens is 310 g/mol. The van der Waals surface area contributed by atoms with Gasteiger partial charge in [0.25, 0.3) is 5.91 Å². The van der Waals surface area contributed by atoms with Gasteiger partial charge in [-0.2, -0.15) is 0 Å². The maximum absolute atomic E-state index is 13.0. The summed E-state index contributed by atoms with van der Waals surface area (Å²) < 4.78 is 5.41. The highest BCUT2D eigenvalue weighted by atomic mass is 35.5. The third-order valence-electron chi connectivity index (χ3n) is 3.65. The van der Waals surface area contributed by atoms with Crippen LogP contribution in [0.5, 0.6) is 0 Å². The first-order chi connectivity index (χ1) is 11.1. The summed E-state index contributed by atoms with van der Waals surface area (Å²) in [5, 5.41) is 0.634. The molecule has 0 unspecified atom stereocenters. The monoisotopic (exact) mass is 325 g/mol. The summed E-state index contributed by atoms with van der Waals surface area (Å²) >= 11 is 5.96. The Morgan fingerprint density at radius 1 is 1.04 bits per heavy atom. The van der Waals surface area contributed by atoms with Crippen molar-refractivity contribution in [2.75, 3.05) is 4.90 Å². The molecule has 3 aromatic rings. The highest BCUT2D eigenvalue weighted by Gasteiger charge is 2.20. The van der Waals surface area contributed by atoms with E-state index in [1.807, 2.05) is 55.5 Å². The standard InChI is InChI=1S/C19H16ClNO2/c1-14-5-2-3-7-18(14)19(22)21(13-17-6-4-12-23-17)16-10-8-15(20)9-11-16/h2-12H,13H2,1H3. The summed E-state index contributed by atoms with van der Waals surface area (Å²) in [6, 6.07) is 18.4. The summed E-state index contributed by atoms with van der Waals surface area (Å²) in [6.07, 6.45) is 1.60. The molecule has 0 N–H and O–H groups in total. The number of benzene rings is 2. The largest absolute Gasteiger partial charge is 0.467 e. The fourth-order valence-corrected chi connectivity index (χ4v) is 2.54. The van der Waals surface area contributed by atoms with E-state index in [0.29, 0.717) is 17.1 Å². The predicted octanol–water partition coefficient (Wildman–Crippen LogP) is 5.09. The van der Waals surface area contributed by atoms with Gasteiger partial charge in [-0.3, -0.25) is 4.79 Å². The molecule has 0 aliphatic carbocycles. The summed E-state index contributed by atoms with van der Waals surface area (Å²) in [5.41, 5.74) is 2.39. The van der Waals surface area contributed by atoms with Crippen LogP contribution in [0.4, 0.5) is 5.69 Å². The van der Waals surface area contributed by atoms with Crippen LogP contribution in [0.1, 0.15) is 21.7 Å². The number of carbonyl (C=O) groups is 1. The van der Waals surface area contributed by atoms with Gasteiger partial charge < -0.3 is 9.32 Å². The Labute approximate surface area is 140 Å². The Morgan fingerprint density at radius 3 is 2.43 bits per heavy atom. The molecule has 0 spiro atoms. The molecule has 0 aliphatic rings. The lowest BCUT2D eigenvalue weighted by atomic mass is 10.1. The van der Waals surface area contributed by atoms with Crippen LogP contribution in [-0.4, -0.2) is 5.91 Å². The molecule has 116 valence electrons. The molecular formula is C19H16ClNO2. The number of rotatable bonds is 4. The van der Waals surface area contributed by atoms with E-state index in [4.69, 9.17) is 16.0 Å². The second-order valence-corrected chi connectivity index (χ2v) is 5.70. The number of amides is 1. The number of carbonyl (C=O) groups excluding carboxylic acids is 1. The number of aryl methyl sites for hydroxylation is 1. The topological polar surface area (TPSA) is 33.5 Å². The quantitative estimate of drug-likeness (QED) is 0.669. The van der Waals surface area contributed by atoms with Crippen molar-refractivity contribution in [2.24, 2.45) is 0 Å². The zero-order valence-corrected chi connectivity index (χ0v) is 13.5. The highest BCUT2D eigenvalue weighted by Crippen LogP contribution is 2.23. The second kappa shape index (κ2) is 6.71. The van der Waals surface area contributed by atoms with Crippen molar-refractivity contribution in [2.45, 2.75) is 13.5 Å². The van der Waals surface area contributed by atoms with Crippen LogP contribution in [0.2, 0.25) is 5.02 Å². The summed E-state index contributed by atoms with van der Waals surface area (Å²) in [5.74, 6) is 0.656. The van der Waals surface area contributed by atoms with Crippen LogP contribution < -0.4 is 4.90 Å². The van der Waals surface area contributed by atoms with Gasteiger partial charge in [0.2, 0.25) is 0 Å². The number of anilines is 1. The van der Waals surface area contributed by atoms with E-state index in [-0.39, 0.29) is 5.91 Å². The van der Waals surface area contributed by atoms with Gasteiger partial charge in [0.15, 0.2) is 0 Å². The van der Waals surface area contributed by atoms with Gasteiger partial charge in [-0.1, -0.05) is 29.8 Å². The van der Waals surface area contributed by atoms with Crippen molar-refractivity contribution in [3.05, 3.63) is 88.8 Å². The SMILES string of the molecule is Cc1ccccc1C(=O)N(Cc1ccco1)c1ccc(Cl)cc1. The molecule has 0 aliphatic heterocycles. The van der Waals surface area contributed by atoms with Gasteiger partial charge >= 0.3 is 0 Å². The second-order valence-electron chi connectivity index (χ2n) is 5.26. The van der Waals surface area contributed by atoms with Crippen molar-refractivity contribution in [1.29, 1.82) is 0 Å². The summed E-state index contributed by atoms with van der Waals surface area (Å²) in [7, 11) is 0. The van der Waals surface area contributed by atoms with E-state index in [1.54, 1.807) is 23.3 Å². The maximum Gasteiger partial charge on any atom is 0.258 e. The number of halogens is 1. The number of furan rings is 1. The number of hydrogen-bond acceptors (Lipinski definition) is 2. The first-order valence-electron chi connectivity index (χ1n) is 7.30. The molecule has 0 saturated heterocycles. The molecule has 0 saturated carbocycles. The van der Waals surface area contributed by atoms with Crippen LogP contribution in [0.25, 0.3) is 0 Å². The first-order valence-corrected chi connectivity index (χ1v) is 7.68. The van der Waals surface area contributed by atoms with Crippen molar-refractivity contribution in [1.82, 2.24) is 0 Å². The molecule has 0 bridgehead atoms. The third-order valence-corrected chi connectivity index (χ3v) is 3.90. The normalized spacial score (nSPS) is 10.5. The summed E-state index contributed by atoms with van der Waals surface area (Å²) in [6.45, 7) is 2.29. The fraction of sp³-hybridized carbons (Fsp3) is 0.105. The predicted molar refractivity (Wildman–Crippen MR) is 91.9 cm³/mol. The molecule has 0 fully saturated rings. The Morgan fingerprint density at radius 2 is 1.78 bits per heavy atom. The van der Waals surface area contributed by atoms with E-state index >= 15 is 0 Å². The highest BCUT2D eigenvalue weighted by molar-refractivity contribution is 6.30. The lowest BCUT2D eigenvalue weighted by Gasteiger charge is -2.23. The Balaban J connectivity index is 1.99. The molecule has 0 radical (unpaired) electrons. The molecule has 0 atom stereocenters. The third kappa shape index (κ3) is 3.46. The van der Waals surface area contributed by atoms with Gasteiger partial charge in [-0.05, 0) is 55.0 Å². The maximum atomic E-state index is 13.0. The smallest absolute Gasteiger partial charge is 0.258 e. The molecule has 1 amide bonds. The van der Waals surface area contributed by atoms with Gasteiger partial charge in [0.1, 0.15) is 5.76 Å². The molecule has 2 aromatic carbocycles. The van der Waals surface area contributed by atoms with Gasteiger partial charge in [-0.15, -0.1) is 0 Å². The van der Waals surface area contributed by atoms with Gasteiger partial charge in [0, 0.05) is 16.3 Å². The van der Waals surface area contributed by atoms with E-state index in [2.05, 4.69) is 0 Å². The molecule has 1 aromatic heterocycles. The average molecular weight is 326 g/mol. The molecule has 1 heterocycles. The van der Waals surface area contributed by atoms with Crippen molar-refractivity contribution in [3.63, 3.8) is 0 Å². The van der Waals surface area contributed by atoms with Crippen LogP contribution in [-0.2, 0) is 6.54 Å². The lowest BCUT2D eigenvalue weighted by molar-refractivity contribution is 0.0982. The first kappa shape index (κ1) is 15.4. The van der Waals surface area contributed by atoms with E-state index in [9.17, 15) is 4.79 Å². The Hall–Kier alpha value is -2.52. The molecule has 23 heavy (non-hydrogen) atoms. The Bertz CT molecular complexity index is 795. The number of hydrogen-bond donors (Lipinski definition) is 0. The zero-order valence-electron chi connectivity index (χ0n) is 12.7. The van der Waals surface area contributed by atoms with E-state index < -0.39 is 0 Å². The van der Waals surface area contributed by atoms with Gasteiger partial charge in [-0.25, -0.2) is 0 Å². The van der Waals surface area contributed by atoms with Crippen LogP contribution in [0.15, 0.2) is 71.3 Å². The minimum atomic E-state index is -0.0678. The van der Waals surface area contributed by atoms with Gasteiger partial charge in [0.05, 0.1) is 12.8 Å². The Kier molecular flexibility index (Phi) is 4.49. The van der Waals surface area contributed by atoms with E-state index in [1.165, 1.54) is 0 Å².